The molecular weight excluding hydrogens is 647 g/mol. The summed E-state index contributed by atoms with van der Waals surface area (Å²) in [5.41, 5.74) is 8.89. The van der Waals surface area contributed by atoms with Crippen molar-refractivity contribution in [2.45, 2.75) is 0 Å². The zero-order valence-corrected chi connectivity index (χ0v) is 28.5. The summed E-state index contributed by atoms with van der Waals surface area (Å²) < 4.78 is 6.70. The van der Waals surface area contributed by atoms with Crippen LogP contribution in [-0.4, -0.2) is 15.0 Å². The number of nitrogens with zero attached hydrogens (tertiary/aromatic N) is 3. The average Bonchev–Trinajstić information content (AvgIpc) is 3.63. The van der Waals surface area contributed by atoms with E-state index in [1.165, 1.54) is 43.4 Å². The molecule has 0 bridgehead atoms. The van der Waals surface area contributed by atoms with Crippen LogP contribution in [0.25, 0.3) is 111 Å². The van der Waals surface area contributed by atoms with Crippen LogP contribution in [0.1, 0.15) is 0 Å². The van der Waals surface area contributed by atoms with Crippen LogP contribution < -0.4 is 0 Å². The third kappa shape index (κ3) is 4.73. The topological polar surface area (TPSA) is 51.8 Å². The molecule has 11 rings (SSSR count). The van der Waals surface area contributed by atoms with E-state index in [9.17, 15) is 0 Å². The maximum absolute atomic E-state index is 6.70. The minimum atomic E-state index is 0.602. The number of para-hydroxylation sites is 1. The molecule has 2 heterocycles. The van der Waals surface area contributed by atoms with Crippen molar-refractivity contribution in [2.24, 2.45) is 0 Å². The smallest absolute Gasteiger partial charge is 0.164 e. The fourth-order valence-corrected chi connectivity index (χ4v) is 7.99. The van der Waals surface area contributed by atoms with E-state index in [4.69, 9.17) is 19.4 Å². The summed E-state index contributed by atoms with van der Waals surface area (Å²) in [7, 11) is 0. The van der Waals surface area contributed by atoms with E-state index >= 15 is 0 Å². The first-order valence-corrected chi connectivity index (χ1v) is 17.9. The molecule has 246 valence electrons. The van der Waals surface area contributed by atoms with Gasteiger partial charge in [-0.15, -0.1) is 0 Å². The van der Waals surface area contributed by atoms with Gasteiger partial charge in [-0.3, -0.25) is 0 Å². The van der Waals surface area contributed by atoms with Crippen LogP contribution in [0.15, 0.2) is 180 Å². The first-order valence-electron chi connectivity index (χ1n) is 17.9. The van der Waals surface area contributed by atoms with Crippen LogP contribution in [0, 0.1) is 0 Å². The van der Waals surface area contributed by atoms with Crippen molar-refractivity contribution >= 4 is 54.3 Å². The van der Waals surface area contributed by atoms with E-state index in [2.05, 4.69) is 103 Å². The van der Waals surface area contributed by atoms with Gasteiger partial charge < -0.3 is 4.42 Å². The molecule has 0 unspecified atom stereocenters. The first kappa shape index (κ1) is 29.5. The van der Waals surface area contributed by atoms with Crippen molar-refractivity contribution in [1.82, 2.24) is 15.0 Å². The fraction of sp³-hybridized carbons (Fsp3) is 0. The number of hydrogen-bond donors (Lipinski definition) is 0. The lowest BCUT2D eigenvalue weighted by molar-refractivity contribution is 0.670. The average molecular weight is 676 g/mol. The van der Waals surface area contributed by atoms with Crippen molar-refractivity contribution in [3.63, 3.8) is 0 Å². The lowest BCUT2D eigenvalue weighted by Gasteiger charge is -2.14. The van der Waals surface area contributed by atoms with Crippen molar-refractivity contribution in [3.8, 4) is 56.4 Å². The number of benzene rings is 9. The standard InChI is InChI=1S/C49H29N3O/c1-3-10-35(11-4-1)47-50-48(36-12-5-2-6-13-36)52-49(51-47)41-29-28-38(46-45(41)40-16-7-8-17-42(40)53-46)31-20-18-30(19-21-31)37-26-24-34-23-22-32-14-9-15-33-25-27-39(37)44(34)43(32)33/h1-29H. The van der Waals surface area contributed by atoms with Gasteiger partial charge in [-0.1, -0.05) is 158 Å². The molecule has 0 N–H and O–H groups in total. The van der Waals surface area contributed by atoms with Crippen LogP contribution in [0.3, 0.4) is 0 Å². The zero-order valence-electron chi connectivity index (χ0n) is 28.5. The molecule has 11 aromatic rings. The Hall–Kier alpha value is -7.17. The molecule has 2 aromatic heterocycles. The molecule has 4 heteroatoms. The second kappa shape index (κ2) is 11.7. The molecule has 0 fully saturated rings. The Balaban J connectivity index is 1.07. The molecule has 0 aliphatic rings. The molecular formula is C49H29N3O. The molecule has 0 aliphatic heterocycles. The van der Waals surface area contributed by atoms with Gasteiger partial charge in [0.15, 0.2) is 17.5 Å². The minimum absolute atomic E-state index is 0.602. The van der Waals surface area contributed by atoms with E-state index in [1.807, 2.05) is 72.8 Å². The molecule has 0 saturated heterocycles. The largest absolute Gasteiger partial charge is 0.455 e. The van der Waals surface area contributed by atoms with Crippen LogP contribution in [0.4, 0.5) is 0 Å². The zero-order chi connectivity index (χ0) is 34.9. The predicted molar refractivity (Wildman–Crippen MR) is 218 cm³/mol. The van der Waals surface area contributed by atoms with E-state index in [0.29, 0.717) is 17.5 Å². The molecule has 9 aromatic carbocycles. The monoisotopic (exact) mass is 675 g/mol. The second-order valence-electron chi connectivity index (χ2n) is 13.5. The number of fused-ring (bicyclic) bond motifs is 3. The van der Waals surface area contributed by atoms with Gasteiger partial charge in [-0.2, -0.15) is 0 Å². The van der Waals surface area contributed by atoms with Gasteiger partial charge in [0.1, 0.15) is 11.2 Å². The van der Waals surface area contributed by atoms with Gasteiger partial charge in [0.25, 0.3) is 0 Å². The number of aromatic nitrogens is 3. The summed E-state index contributed by atoms with van der Waals surface area (Å²) in [5, 5.41) is 9.75. The highest BCUT2D eigenvalue weighted by Crippen LogP contribution is 2.43. The van der Waals surface area contributed by atoms with Crippen LogP contribution in [0.2, 0.25) is 0 Å². The molecule has 53 heavy (non-hydrogen) atoms. The third-order valence-corrected chi connectivity index (χ3v) is 10.5. The Bertz CT molecular complexity index is 3080. The Morgan fingerprint density at radius 2 is 0.830 bits per heavy atom. The van der Waals surface area contributed by atoms with Gasteiger partial charge in [-0.05, 0) is 67.2 Å². The Kier molecular flexibility index (Phi) is 6.52. The van der Waals surface area contributed by atoms with Crippen LogP contribution >= 0.6 is 0 Å². The van der Waals surface area contributed by atoms with E-state index in [1.54, 1.807) is 0 Å². The molecule has 0 atom stereocenters. The normalized spacial score (nSPS) is 11.8. The highest BCUT2D eigenvalue weighted by atomic mass is 16.3. The Labute approximate surface area is 305 Å². The number of hydrogen-bond acceptors (Lipinski definition) is 4. The minimum Gasteiger partial charge on any atom is -0.455 e. The SMILES string of the molecule is c1ccc(-c2nc(-c3ccccc3)nc(-c3ccc(-c4ccc(-c5ccc6ccc7cccc8ccc5c6c78)cc4)c4oc5ccccc5c34)n2)cc1. The lowest BCUT2D eigenvalue weighted by atomic mass is 9.89. The third-order valence-electron chi connectivity index (χ3n) is 10.5. The molecule has 0 saturated carbocycles. The van der Waals surface area contributed by atoms with Gasteiger partial charge in [0.05, 0.1) is 0 Å². The summed E-state index contributed by atoms with van der Waals surface area (Å²) in [5.74, 6) is 1.86. The van der Waals surface area contributed by atoms with Crippen molar-refractivity contribution < 1.29 is 4.42 Å². The Morgan fingerprint density at radius 3 is 1.53 bits per heavy atom. The first-order chi connectivity index (χ1) is 26.3. The summed E-state index contributed by atoms with van der Waals surface area (Å²) in [6.07, 6.45) is 0. The summed E-state index contributed by atoms with van der Waals surface area (Å²) in [4.78, 5) is 15.1. The summed E-state index contributed by atoms with van der Waals surface area (Å²) in [6.45, 7) is 0. The lowest BCUT2D eigenvalue weighted by Crippen LogP contribution is -2.00. The van der Waals surface area contributed by atoms with E-state index < -0.39 is 0 Å². The molecule has 0 spiro atoms. The quantitative estimate of drug-likeness (QED) is 0.170. The highest BCUT2D eigenvalue weighted by Gasteiger charge is 2.21. The molecule has 0 amide bonds. The second-order valence-corrected chi connectivity index (χ2v) is 13.5. The number of furan rings is 1. The maximum atomic E-state index is 6.70. The Morgan fingerprint density at radius 1 is 0.302 bits per heavy atom. The summed E-state index contributed by atoms with van der Waals surface area (Å²) in [6, 6.07) is 61.6. The van der Waals surface area contributed by atoms with Crippen molar-refractivity contribution in [1.29, 1.82) is 0 Å². The molecule has 0 aliphatic carbocycles. The van der Waals surface area contributed by atoms with Crippen LogP contribution in [0.5, 0.6) is 0 Å². The van der Waals surface area contributed by atoms with Gasteiger partial charge in [0.2, 0.25) is 0 Å². The number of rotatable bonds is 5. The van der Waals surface area contributed by atoms with Gasteiger partial charge in [-0.25, -0.2) is 15.0 Å². The highest BCUT2D eigenvalue weighted by molar-refractivity contribution is 6.25. The fourth-order valence-electron chi connectivity index (χ4n) is 7.99. The maximum Gasteiger partial charge on any atom is 0.164 e. The van der Waals surface area contributed by atoms with Crippen molar-refractivity contribution in [2.75, 3.05) is 0 Å². The van der Waals surface area contributed by atoms with Gasteiger partial charge in [0, 0.05) is 33.0 Å². The van der Waals surface area contributed by atoms with Crippen LogP contribution in [-0.2, 0) is 0 Å². The van der Waals surface area contributed by atoms with E-state index in [0.717, 1.165) is 49.8 Å². The van der Waals surface area contributed by atoms with Crippen molar-refractivity contribution in [3.05, 3.63) is 176 Å². The van der Waals surface area contributed by atoms with Gasteiger partial charge >= 0.3 is 0 Å². The van der Waals surface area contributed by atoms with E-state index in [-0.39, 0.29) is 0 Å². The predicted octanol–water partition coefficient (Wildman–Crippen LogP) is 13.0. The summed E-state index contributed by atoms with van der Waals surface area (Å²) >= 11 is 0. The molecule has 4 nitrogen and oxygen atoms in total. The molecule has 0 radical (unpaired) electrons.